The zero-order valence-electron chi connectivity index (χ0n) is 10.8. The van der Waals surface area contributed by atoms with Crippen LogP contribution in [-0.4, -0.2) is 24.9 Å². The van der Waals surface area contributed by atoms with E-state index in [0.29, 0.717) is 12.4 Å². The Morgan fingerprint density at radius 3 is 2.65 bits per heavy atom. The molecule has 0 spiro atoms. The van der Waals surface area contributed by atoms with Gasteiger partial charge in [0, 0.05) is 5.56 Å². The summed E-state index contributed by atoms with van der Waals surface area (Å²) in [4.78, 5) is 0. The topological polar surface area (TPSA) is 38.7 Å². The lowest BCUT2D eigenvalue weighted by molar-refractivity contribution is -0.00657. The maximum absolute atomic E-state index is 10.0. The molecule has 0 bridgehead atoms. The van der Waals surface area contributed by atoms with E-state index in [-0.39, 0.29) is 6.10 Å². The highest BCUT2D eigenvalue weighted by Gasteiger charge is 2.14. The molecular weight excluding hydrogens is 216 g/mol. The van der Waals surface area contributed by atoms with Crippen molar-refractivity contribution in [1.82, 2.24) is 0 Å². The lowest BCUT2D eigenvalue weighted by Crippen LogP contribution is -2.15. The molecule has 3 nitrogen and oxygen atoms in total. The van der Waals surface area contributed by atoms with Crippen molar-refractivity contribution in [2.75, 3.05) is 13.7 Å². The van der Waals surface area contributed by atoms with Crippen molar-refractivity contribution < 1.29 is 14.6 Å². The molecular formula is C14H22O3. The third-order valence-corrected chi connectivity index (χ3v) is 2.73. The first kappa shape index (κ1) is 14.0. The molecule has 0 aliphatic carbocycles. The summed E-state index contributed by atoms with van der Waals surface area (Å²) in [5.74, 6) is 0.701. The fourth-order valence-corrected chi connectivity index (χ4v) is 1.78. The van der Waals surface area contributed by atoms with Gasteiger partial charge in [-0.1, -0.05) is 31.5 Å². The van der Waals surface area contributed by atoms with Crippen molar-refractivity contribution in [2.24, 2.45) is 0 Å². The van der Waals surface area contributed by atoms with Crippen LogP contribution >= 0.6 is 0 Å². The van der Waals surface area contributed by atoms with E-state index >= 15 is 0 Å². The maximum atomic E-state index is 10.0. The van der Waals surface area contributed by atoms with Crippen molar-refractivity contribution in [3.63, 3.8) is 0 Å². The Bertz CT molecular complexity index is 325. The first-order valence-electron chi connectivity index (χ1n) is 6.11. The fourth-order valence-electron chi connectivity index (χ4n) is 1.78. The van der Waals surface area contributed by atoms with Crippen LogP contribution in [0.5, 0.6) is 5.75 Å². The predicted molar refractivity (Wildman–Crippen MR) is 68.3 cm³/mol. The normalized spacial score (nSPS) is 14.4. The molecule has 0 fully saturated rings. The molecule has 1 rings (SSSR count). The summed E-state index contributed by atoms with van der Waals surface area (Å²) in [6.07, 6.45) is 1.65. The number of ether oxygens (including phenoxy) is 2. The smallest absolute Gasteiger partial charge is 0.124 e. The van der Waals surface area contributed by atoms with Gasteiger partial charge in [0.15, 0.2) is 0 Å². The van der Waals surface area contributed by atoms with Gasteiger partial charge >= 0.3 is 0 Å². The van der Waals surface area contributed by atoms with Crippen LogP contribution in [0.15, 0.2) is 24.3 Å². The number of hydrogen-bond donors (Lipinski definition) is 1. The number of benzene rings is 1. The average molecular weight is 238 g/mol. The molecule has 0 saturated heterocycles. The monoisotopic (exact) mass is 238 g/mol. The zero-order valence-corrected chi connectivity index (χ0v) is 10.8. The minimum absolute atomic E-state index is 0.185. The fraction of sp³-hybridized carbons (Fsp3) is 0.571. The Labute approximate surface area is 103 Å². The van der Waals surface area contributed by atoms with Gasteiger partial charge in [-0.25, -0.2) is 0 Å². The second kappa shape index (κ2) is 7.30. The molecule has 1 aromatic carbocycles. The van der Waals surface area contributed by atoms with Gasteiger partial charge < -0.3 is 14.6 Å². The second-order valence-corrected chi connectivity index (χ2v) is 4.19. The van der Waals surface area contributed by atoms with Crippen molar-refractivity contribution in [3.8, 4) is 5.75 Å². The quantitative estimate of drug-likeness (QED) is 0.793. The lowest BCUT2D eigenvalue weighted by atomic mass is 10.1. The van der Waals surface area contributed by atoms with E-state index in [0.717, 1.165) is 18.4 Å². The number of hydrogen-bond acceptors (Lipinski definition) is 3. The molecule has 0 aromatic heterocycles. The van der Waals surface area contributed by atoms with Crippen LogP contribution < -0.4 is 4.74 Å². The minimum Gasteiger partial charge on any atom is -0.496 e. The summed E-state index contributed by atoms with van der Waals surface area (Å²) in [7, 11) is 1.60. The molecule has 1 N–H and O–H groups in total. The summed E-state index contributed by atoms with van der Waals surface area (Å²) in [5, 5.41) is 10.0. The highest BCUT2D eigenvalue weighted by molar-refractivity contribution is 5.34. The summed E-state index contributed by atoms with van der Waals surface area (Å²) in [6.45, 7) is 4.45. The van der Waals surface area contributed by atoms with Gasteiger partial charge in [-0.2, -0.15) is 0 Å². The van der Waals surface area contributed by atoms with E-state index in [1.807, 2.05) is 31.2 Å². The molecule has 0 heterocycles. The lowest BCUT2D eigenvalue weighted by Gasteiger charge is -2.17. The summed E-state index contributed by atoms with van der Waals surface area (Å²) < 4.78 is 10.8. The Kier molecular flexibility index (Phi) is 6.01. The Hall–Kier alpha value is -1.06. The predicted octanol–water partition coefficient (Wildman–Crippen LogP) is 2.93. The Morgan fingerprint density at radius 1 is 1.29 bits per heavy atom. The summed E-state index contributed by atoms with van der Waals surface area (Å²) in [5.41, 5.74) is 0.777. The first-order chi connectivity index (χ1) is 8.19. The maximum Gasteiger partial charge on any atom is 0.124 e. The first-order valence-corrected chi connectivity index (χ1v) is 6.11. The van der Waals surface area contributed by atoms with Gasteiger partial charge in [0.05, 0.1) is 19.8 Å². The number of rotatable bonds is 7. The van der Waals surface area contributed by atoms with Crippen LogP contribution in [0, 0.1) is 0 Å². The van der Waals surface area contributed by atoms with Crippen LogP contribution in [0.3, 0.4) is 0 Å². The number of aliphatic hydroxyl groups excluding tert-OH is 1. The summed E-state index contributed by atoms with van der Waals surface area (Å²) in [6, 6.07) is 7.47. The molecule has 0 radical (unpaired) electrons. The Morgan fingerprint density at radius 2 is 2.00 bits per heavy atom. The van der Waals surface area contributed by atoms with Crippen molar-refractivity contribution in [1.29, 1.82) is 0 Å². The van der Waals surface area contributed by atoms with E-state index in [9.17, 15) is 5.11 Å². The van der Waals surface area contributed by atoms with Crippen LogP contribution in [0.2, 0.25) is 0 Å². The van der Waals surface area contributed by atoms with Gasteiger partial charge in [0.25, 0.3) is 0 Å². The van der Waals surface area contributed by atoms with Crippen LogP contribution in [-0.2, 0) is 4.74 Å². The van der Waals surface area contributed by atoms with E-state index < -0.39 is 6.10 Å². The van der Waals surface area contributed by atoms with Crippen molar-refractivity contribution >= 4 is 0 Å². The van der Waals surface area contributed by atoms with E-state index in [1.54, 1.807) is 7.11 Å². The zero-order chi connectivity index (χ0) is 12.7. The molecule has 2 atom stereocenters. The van der Waals surface area contributed by atoms with E-state index in [4.69, 9.17) is 9.47 Å². The third kappa shape index (κ3) is 4.36. The Balaban J connectivity index is 2.54. The third-order valence-electron chi connectivity index (χ3n) is 2.73. The van der Waals surface area contributed by atoms with Gasteiger partial charge in [-0.15, -0.1) is 0 Å². The van der Waals surface area contributed by atoms with Crippen molar-refractivity contribution in [2.45, 2.75) is 38.9 Å². The summed E-state index contributed by atoms with van der Waals surface area (Å²) >= 11 is 0. The molecule has 3 heteroatoms. The second-order valence-electron chi connectivity index (χ2n) is 4.19. The molecule has 1 aromatic rings. The average Bonchev–Trinajstić information content (AvgIpc) is 2.36. The van der Waals surface area contributed by atoms with Gasteiger partial charge in [-0.3, -0.25) is 0 Å². The SMILES string of the molecule is CCCC(C)OCC(O)c1ccccc1OC. The van der Waals surface area contributed by atoms with Gasteiger partial charge in [0.2, 0.25) is 0 Å². The van der Waals surface area contributed by atoms with Crippen molar-refractivity contribution in [3.05, 3.63) is 29.8 Å². The number of methoxy groups -OCH3 is 1. The molecule has 0 aliphatic heterocycles. The van der Waals surface area contributed by atoms with Crippen LogP contribution in [0.1, 0.15) is 38.4 Å². The van der Waals surface area contributed by atoms with Gasteiger partial charge in [-0.05, 0) is 19.4 Å². The highest BCUT2D eigenvalue weighted by Crippen LogP contribution is 2.25. The van der Waals surface area contributed by atoms with E-state index in [1.165, 1.54) is 0 Å². The number of aliphatic hydroxyl groups is 1. The largest absolute Gasteiger partial charge is 0.496 e. The molecule has 0 saturated carbocycles. The molecule has 0 amide bonds. The standard InChI is InChI=1S/C14H22O3/c1-4-7-11(2)17-10-13(15)12-8-5-6-9-14(12)16-3/h5-6,8-9,11,13,15H,4,7,10H2,1-3H3. The molecule has 96 valence electrons. The van der Waals surface area contributed by atoms with Crippen LogP contribution in [0.4, 0.5) is 0 Å². The number of para-hydroxylation sites is 1. The molecule has 17 heavy (non-hydrogen) atoms. The minimum atomic E-state index is -0.634. The van der Waals surface area contributed by atoms with Crippen LogP contribution in [0.25, 0.3) is 0 Å². The highest BCUT2D eigenvalue weighted by atomic mass is 16.5. The van der Waals surface area contributed by atoms with Gasteiger partial charge in [0.1, 0.15) is 11.9 Å². The molecule has 2 unspecified atom stereocenters. The van der Waals surface area contributed by atoms with E-state index in [2.05, 4.69) is 6.92 Å². The molecule has 0 aliphatic rings.